The molecule has 4 heterocycles. The van der Waals surface area contributed by atoms with Crippen LogP contribution >= 0.6 is 11.3 Å². The summed E-state index contributed by atoms with van der Waals surface area (Å²) in [6.45, 7) is 2.34. The Labute approximate surface area is 234 Å². The maximum absolute atomic E-state index is 15.4. The normalized spacial score (nSPS) is 16.2. The van der Waals surface area contributed by atoms with E-state index in [0.717, 1.165) is 12.8 Å². The SMILES string of the molecule is CN1CCOc2cc(-c3ccc(F)cc3-c3nc(N(C)C(=O)[C@@H](CC(=O)O)CC4CCOCC4)sc3F)cnc21. The lowest BCUT2D eigenvalue weighted by Crippen LogP contribution is -2.35. The molecule has 9 nitrogen and oxygen atoms in total. The van der Waals surface area contributed by atoms with Gasteiger partial charge in [-0.15, -0.1) is 0 Å². The molecule has 0 bridgehead atoms. The molecule has 5 rings (SSSR count). The van der Waals surface area contributed by atoms with E-state index < -0.39 is 28.7 Å². The van der Waals surface area contributed by atoms with Crippen LogP contribution in [0.2, 0.25) is 0 Å². The standard InChI is InChI=1S/C28H30F2N4O5S/c1-33-7-10-39-22-12-18(15-31-26(22)33)20-4-3-19(29)14-21(20)24-25(30)40-28(32-24)34(2)27(37)17(13-23(35)36)11-16-5-8-38-9-6-16/h3-4,12,14-17H,5-11,13H2,1-2H3,(H,35,36)/t17-/m1/s1. The number of likely N-dealkylation sites (N-methyl/N-ethyl adjacent to an activating group) is 1. The summed E-state index contributed by atoms with van der Waals surface area (Å²) in [5, 5.41) is 8.81. The Hall–Kier alpha value is -3.64. The molecule has 0 unspecified atom stereocenters. The third-order valence-corrected chi connectivity index (χ3v) is 8.27. The van der Waals surface area contributed by atoms with Crippen LogP contribution in [0.5, 0.6) is 5.75 Å². The van der Waals surface area contributed by atoms with Gasteiger partial charge in [-0.25, -0.2) is 14.4 Å². The van der Waals surface area contributed by atoms with Gasteiger partial charge in [-0.2, -0.15) is 4.39 Å². The van der Waals surface area contributed by atoms with Gasteiger partial charge in [0.25, 0.3) is 0 Å². The second-order valence-corrected chi connectivity index (χ2v) is 11.0. The van der Waals surface area contributed by atoms with E-state index in [1.54, 1.807) is 12.3 Å². The summed E-state index contributed by atoms with van der Waals surface area (Å²) in [6.07, 6.45) is 3.19. The number of aliphatic carboxylic acids is 1. The van der Waals surface area contributed by atoms with Crippen molar-refractivity contribution in [2.24, 2.45) is 11.8 Å². The Bertz CT molecular complexity index is 1410. The number of thiazole rings is 1. The van der Waals surface area contributed by atoms with Gasteiger partial charge in [0.05, 0.1) is 13.0 Å². The Morgan fingerprint density at radius 1 is 1.20 bits per heavy atom. The highest BCUT2D eigenvalue weighted by Crippen LogP contribution is 2.40. The van der Waals surface area contributed by atoms with Gasteiger partial charge in [-0.05, 0) is 48.9 Å². The summed E-state index contributed by atoms with van der Waals surface area (Å²) in [5.41, 5.74) is 1.20. The molecule has 1 N–H and O–H groups in total. The Morgan fingerprint density at radius 3 is 2.73 bits per heavy atom. The number of pyridine rings is 1. The first kappa shape index (κ1) is 27.9. The van der Waals surface area contributed by atoms with E-state index in [1.165, 1.54) is 30.1 Å². The number of carbonyl (C=O) groups excluding carboxylic acids is 1. The van der Waals surface area contributed by atoms with Crippen LogP contribution in [0.25, 0.3) is 22.4 Å². The first-order valence-electron chi connectivity index (χ1n) is 13.1. The van der Waals surface area contributed by atoms with Crippen LogP contribution in [0.1, 0.15) is 25.7 Å². The molecule has 0 saturated carbocycles. The average Bonchev–Trinajstić information content (AvgIpc) is 3.33. The van der Waals surface area contributed by atoms with Gasteiger partial charge in [0, 0.05) is 50.6 Å². The maximum Gasteiger partial charge on any atom is 0.304 e. The van der Waals surface area contributed by atoms with E-state index in [4.69, 9.17) is 9.47 Å². The van der Waals surface area contributed by atoms with Gasteiger partial charge >= 0.3 is 5.97 Å². The molecule has 40 heavy (non-hydrogen) atoms. The van der Waals surface area contributed by atoms with E-state index in [2.05, 4.69) is 9.97 Å². The molecule has 2 aliphatic rings. The minimum atomic E-state index is -1.08. The number of amides is 1. The largest absolute Gasteiger partial charge is 0.488 e. The molecule has 3 aromatic rings. The van der Waals surface area contributed by atoms with E-state index in [1.807, 2.05) is 11.9 Å². The molecule has 12 heteroatoms. The fraction of sp³-hybridized carbons (Fsp3) is 0.429. The van der Waals surface area contributed by atoms with Gasteiger partial charge < -0.3 is 19.5 Å². The number of fused-ring (bicyclic) bond motifs is 1. The molecule has 212 valence electrons. The lowest BCUT2D eigenvalue weighted by molar-refractivity contribution is -0.141. The summed E-state index contributed by atoms with van der Waals surface area (Å²) in [7, 11) is 3.36. The number of halogens is 2. The second-order valence-electron chi connectivity index (χ2n) is 10.1. The molecule has 2 aromatic heterocycles. The number of carboxylic acid groups (broad SMARTS) is 1. The number of anilines is 2. The van der Waals surface area contributed by atoms with Gasteiger partial charge in [0.15, 0.2) is 16.7 Å². The summed E-state index contributed by atoms with van der Waals surface area (Å²) in [6, 6.07) is 5.79. The van der Waals surface area contributed by atoms with Crippen LogP contribution in [0.3, 0.4) is 0 Å². The molecule has 1 aromatic carbocycles. The summed E-state index contributed by atoms with van der Waals surface area (Å²) < 4.78 is 41.0. The number of carboxylic acids is 1. The molecular formula is C28H30F2N4O5S. The van der Waals surface area contributed by atoms with Crippen molar-refractivity contribution < 1.29 is 33.0 Å². The van der Waals surface area contributed by atoms with E-state index in [9.17, 15) is 19.1 Å². The van der Waals surface area contributed by atoms with E-state index in [0.29, 0.717) is 66.8 Å². The molecule has 0 aliphatic carbocycles. The van der Waals surface area contributed by atoms with Crippen LogP contribution in [0.15, 0.2) is 30.5 Å². The van der Waals surface area contributed by atoms with Crippen molar-refractivity contribution in [3.8, 4) is 28.1 Å². The molecule has 1 amide bonds. The van der Waals surface area contributed by atoms with Gasteiger partial charge in [-0.1, -0.05) is 17.4 Å². The number of rotatable bonds is 8. The van der Waals surface area contributed by atoms with E-state index >= 15 is 4.39 Å². The van der Waals surface area contributed by atoms with Crippen LogP contribution < -0.4 is 14.5 Å². The number of hydrogen-bond donors (Lipinski definition) is 1. The summed E-state index contributed by atoms with van der Waals surface area (Å²) >= 11 is 0.651. The quantitative estimate of drug-likeness (QED) is 0.409. The number of benzene rings is 1. The zero-order valence-corrected chi connectivity index (χ0v) is 23.0. The highest BCUT2D eigenvalue weighted by Gasteiger charge is 2.31. The van der Waals surface area contributed by atoms with Crippen molar-refractivity contribution >= 4 is 34.2 Å². The second kappa shape index (κ2) is 11.8. The van der Waals surface area contributed by atoms with Crippen molar-refractivity contribution in [3.05, 3.63) is 41.4 Å². The minimum absolute atomic E-state index is 0.0589. The van der Waals surface area contributed by atoms with Crippen molar-refractivity contribution in [3.63, 3.8) is 0 Å². The topological polar surface area (TPSA) is 105 Å². The molecule has 0 spiro atoms. The van der Waals surface area contributed by atoms with Crippen LogP contribution in [-0.2, 0) is 14.3 Å². The number of hydrogen-bond acceptors (Lipinski definition) is 8. The smallest absolute Gasteiger partial charge is 0.304 e. The van der Waals surface area contributed by atoms with Crippen LogP contribution in [0, 0.1) is 22.8 Å². The highest BCUT2D eigenvalue weighted by atomic mass is 32.1. The average molecular weight is 573 g/mol. The van der Waals surface area contributed by atoms with Gasteiger partial charge in [-0.3, -0.25) is 14.5 Å². The fourth-order valence-corrected chi connectivity index (χ4v) is 5.95. The number of aromatic nitrogens is 2. The van der Waals surface area contributed by atoms with Gasteiger partial charge in [0.2, 0.25) is 11.0 Å². The zero-order chi connectivity index (χ0) is 28.4. The van der Waals surface area contributed by atoms with E-state index in [-0.39, 0.29) is 28.7 Å². The van der Waals surface area contributed by atoms with Crippen molar-refractivity contribution in [1.82, 2.24) is 9.97 Å². The summed E-state index contributed by atoms with van der Waals surface area (Å²) in [4.78, 5) is 37.0. The van der Waals surface area contributed by atoms with Crippen molar-refractivity contribution in [2.45, 2.75) is 25.7 Å². The Balaban J connectivity index is 1.45. The third-order valence-electron chi connectivity index (χ3n) is 7.35. The van der Waals surface area contributed by atoms with Crippen LogP contribution in [0.4, 0.5) is 19.7 Å². The Morgan fingerprint density at radius 2 is 1.98 bits per heavy atom. The molecule has 1 atom stereocenters. The number of carbonyl (C=O) groups is 2. The lowest BCUT2D eigenvalue weighted by Gasteiger charge is -2.27. The van der Waals surface area contributed by atoms with Crippen molar-refractivity contribution in [2.75, 3.05) is 50.3 Å². The zero-order valence-electron chi connectivity index (χ0n) is 22.2. The highest BCUT2D eigenvalue weighted by molar-refractivity contribution is 7.14. The minimum Gasteiger partial charge on any atom is -0.488 e. The first-order valence-corrected chi connectivity index (χ1v) is 13.9. The summed E-state index contributed by atoms with van der Waals surface area (Å²) in [5.74, 6) is -1.47. The maximum atomic E-state index is 15.4. The molecule has 1 fully saturated rings. The molecule has 2 aliphatic heterocycles. The number of nitrogens with zero attached hydrogens (tertiary/aromatic N) is 4. The predicted molar refractivity (Wildman–Crippen MR) is 147 cm³/mol. The Kier molecular flexibility index (Phi) is 8.27. The third kappa shape index (κ3) is 5.92. The lowest BCUT2D eigenvalue weighted by atomic mass is 9.86. The monoisotopic (exact) mass is 572 g/mol. The van der Waals surface area contributed by atoms with Crippen molar-refractivity contribution in [1.29, 1.82) is 0 Å². The molecular weight excluding hydrogens is 542 g/mol. The fourth-order valence-electron chi connectivity index (χ4n) is 5.18. The molecule has 0 radical (unpaired) electrons. The first-order chi connectivity index (χ1) is 19.2. The number of ether oxygens (including phenoxy) is 2. The predicted octanol–water partition coefficient (Wildman–Crippen LogP) is 4.85. The van der Waals surface area contributed by atoms with Crippen LogP contribution in [-0.4, -0.2) is 67.4 Å². The molecule has 1 saturated heterocycles. The van der Waals surface area contributed by atoms with Gasteiger partial charge in [0.1, 0.15) is 18.1 Å².